The number of hydrogen-bond acceptors (Lipinski definition) is 5. The number of nitrogens with zero attached hydrogens (tertiary/aromatic N) is 3. The van der Waals surface area contributed by atoms with Gasteiger partial charge in [0.05, 0.1) is 5.52 Å². The van der Waals surface area contributed by atoms with E-state index in [2.05, 4.69) is 49.9 Å². The summed E-state index contributed by atoms with van der Waals surface area (Å²) in [6.45, 7) is 0.805. The summed E-state index contributed by atoms with van der Waals surface area (Å²) in [7, 11) is 0. The minimum Gasteiger partial charge on any atom is -0.369 e. The van der Waals surface area contributed by atoms with E-state index in [0.717, 1.165) is 35.4 Å². The van der Waals surface area contributed by atoms with Crippen molar-refractivity contribution in [3.8, 4) is 0 Å². The van der Waals surface area contributed by atoms with Crippen molar-refractivity contribution in [3.63, 3.8) is 0 Å². The molecular weight excluding hydrogens is 322 g/mol. The van der Waals surface area contributed by atoms with Gasteiger partial charge in [-0.05, 0) is 36.2 Å². The Hall–Kier alpha value is -3.47. The van der Waals surface area contributed by atoms with Gasteiger partial charge >= 0.3 is 0 Å². The molecule has 2 aromatic carbocycles. The van der Waals surface area contributed by atoms with Crippen LogP contribution in [0.25, 0.3) is 10.9 Å². The summed E-state index contributed by atoms with van der Waals surface area (Å²) < 4.78 is 0. The molecule has 0 amide bonds. The second-order valence-electron chi connectivity index (χ2n) is 5.94. The highest BCUT2D eigenvalue weighted by atomic mass is 15.1. The van der Waals surface area contributed by atoms with E-state index in [0.29, 0.717) is 5.95 Å². The van der Waals surface area contributed by atoms with E-state index in [4.69, 9.17) is 0 Å². The topological polar surface area (TPSA) is 62.7 Å². The molecule has 2 aromatic heterocycles. The van der Waals surface area contributed by atoms with E-state index in [1.165, 1.54) is 5.56 Å². The first-order chi connectivity index (χ1) is 12.9. The number of hydrogen-bond donors (Lipinski definition) is 2. The van der Waals surface area contributed by atoms with Crippen LogP contribution in [0.1, 0.15) is 5.56 Å². The van der Waals surface area contributed by atoms with Crippen molar-refractivity contribution in [2.24, 2.45) is 0 Å². The zero-order valence-corrected chi connectivity index (χ0v) is 14.3. The van der Waals surface area contributed by atoms with Crippen molar-refractivity contribution >= 4 is 28.4 Å². The van der Waals surface area contributed by atoms with Crippen LogP contribution < -0.4 is 10.6 Å². The number of nitrogens with one attached hydrogen (secondary N) is 2. The van der Waals surface area contributed by atoms with Crippen LogP contribution in [0.15, 0.2) is 79.1 Å². The summed E-state index contributed by atoms with van der Waals surface area (Å²) in [5.41, 5.74) is 3.11. The van der Waals surface area contributed by atoms with Crippen molar-refractivity contribution in [1.29, 1.82) is 0 Å². The van der Waals surface area contributed by atoms with Crippen LogP contribution in [0.5, 0.6) is 0 Å². The molecule has 2 heterocycles. The minimum atomic E-state index is 0.567. The van der Waals surface area contributed by atoms with Gasteiger partial charge in [-0.15, -0.1) is 0 Å². The monoisotopic (exact) mass is 341 g/mol. The highest BCUT2D eigenvalue weighted by molar-refractivity contribution is 5.90. The third-order valence-corrected chi connectivity index (χ3v) is 4.09. The van der Waals surface area contributed by atoms with Gasteiger partial charge in [-0.25, -0.2) is 4.98 Å². The molecule has 0 aliphatic rings. The van der Waals surface area contributed by atoms with Gasteiger partial charge in [-0.2, -0.15) is 4.98 Å². The van der Waals surface area contributed by atoms with Gasteiger partial charge in [0, 0.05) is 30.0 Å². The van der Waals surface area contributed by atoms with Crippen molar-refractivity contribution < 1.29 is 0 Å². The van der Waals surface area contributed by atoms with E-state index >= 15 is 0 Å². The largest absolute Gasteiger partial charge is 0.369 e. The summed E-state index contributed by atoms with van der Waals surface area (Å²) in [6, 6.07) is 22.2. The second-order valence-corrected chi connectivity index (χ2v) is 5.94. The molecule has 2 N–H and O–H groups in total. The van der Waals surface area contributed by atoms with E-state index < -0.39 is 0 Å². The molecule has 128 valence electrons. The average molecular weight is 341 g/mol. The Balaban J connectivity index is 1.57. The van der Waals surface area contributed by atoms with Crippen LogP contribution >= 0.6 is 0 Å². The summed E-state index contributed by atoms with van der Waals surface area (Å²) in [5.74, 6) is 1.40. The summed E-state index contributed by atoms with van der Waals surface area (Å²) in [6.07, 6.45) is 4.41. The third-order valence-electron chi connectivity index (χ3n) is 4.09. The maximum absolute atomic E-state index is 4.67. The molecule has 0 unspecified atom stereocenters. The molecule has 0 saturated heterocycles. The Morgan fingerprint density at radius 3 is 2.38 bits per heavy atom. The van der Waals surface area contributed by atoms with Crippen LogP contribution in [0.3, 0.4) is 0 Å². The lowest BCUT2D eigenvalue weighted by Gasteiger charge is -2.12. The number of anilines is 3. The molecule has 0 saturated carbocycles. The SMILES string of the molecule is c1ccc(CCNc2nc(Nc3ccncc3)nc3ccccc23)cc1. The van der Waals surface area contributed by atoms with Gasteiger partial charge in [0.25, 0.3) is 0 Å². The van der Waals surface area contributed by atoms with Gasteiger partial charge in [-0.3, -0.25) is 4.98 Å². The summed E-state index contributed by atoms with van der Waals surface area (Å²) in [4.78, 5) is 13.3. The van der Waals surface area contributed by atoms with E-state index in [-0.39, 0.29) is 0 Å². The first-order valence-electron chi connectivity index (χ1n) is 8.60. The predicted molar refractivity (Wildman–Crippen MR) is 106 cm³/mol. The molecule has 0 aliphatic carbocycles. The molecule has 0 bridgehead atoms. The number of pyridine rings is 1. The van der Waals surface area contributed by atoms with E-state index in [1.807, 2.05) is 42.5 Å². The van der Waals surface area contributed by atoms with Gasteiger partial charge in [0.1, 0.15) is 5.82 Å². The highest BCUT2D eigenvalue weighted by Gasteiger charge is 2.07. The molecule has 5 nitrogen and oxygen atoms in total. The zero-order chi connectivity index (χ0) is 17.6. The van der Waals surface area contributed by atoms with Gasteiger partial charge < -0.3 is 10.6 Å². The zero-order valence-electron chi connectivity index (χ0n) is 14.3. The quantitative estimate of drug-likeness (QED) is 0.543. The number of para-hydroxylation sites is 1. The first kappa shape index (κ1) is 16.0. The summed E-state index contributed by atoms with van der Waals surface area (Å²) in [5, 5.41) is 7.72. The van der Waals surface area contributed by atoms with Gasteiger partial charge in [-0.1, -0.05) is 42.5 Å². The first-order valence-corrected chi connectivity index (χ1v) is 8.60. The van der Waals surface area contributed by atoms with Crippen molar-refractivity contribution in [2.75, 3.05) is 17.2 Å². The maximum Gasteiger partial charge on any atom is 0.229 e. The fraction of sp³-hybridized carbons (Fsp3) is 0.0952. The molecule has 0 atom stereocenters. The Morgan fingerprint density at radius 2 is 1.54 bits per heavy atom. The number of aromatic nitrogens is 3. The molecule has 4 rings (SSSR count). The molecule has 0 spiro atoms. The van der Waals surface area contributed by atoms with E-state index in [1.54, 1.807) is 12.4 Å². The molecule has 4 aromatic rings. The molecule has 5 heteroatoms. The normalized spacial score (nSPS) is 10.6. The molecule has 0 aliphatic heterocycles. The van der Waals surface area contributed by atoms with Gasteiger partial charge in [0.15, 0.2) is 0 Å². The maximum atomic E-state index is 4.67. The molecular formula is C21H19N5. The molecule has 0 radical (unpaired) electrons. The second kappa shape index (κ2) is 7.61. The van der Waals surface area contributed by atoms with Crippen molar-refractivity contribution in [3.05, 3.63) is 84.7 Å². The average Bonchev–Trinajstić information content (AvgIpc) is 2.69. The fourth-order valence-corrected chi connectivity index (χ4v) is 2.80. The fourth-order valence-electron chi connectivity index (χ4n) is 2.80. The Bertz CT molecular complexity index is 987. The number of benzene rings is 2. The summed E-state index contributed by atoms with van der Waals surface area (Å²) >= 11 is 0. The lowest BCUT2D eigenvalue weighted by Crippen LogP contribution is -2.09. The van der Waals surface area contributed by atoms with Gasteiger partial charge in [0.2, 0.25) is 5.95 Å². The Morgan fingerprint density at radius 1 is 0.769 bits per heavy atom. The van der Waals surface area contributed by atoms with Crippen LogP contribution in [0.2, 0.25) is 0 Å². The minimum absolute atomic E-state index is 0.567. The Kier molecular flexibility index (Phi) is 4.69. The highest BCUT2D eigenvalue weighted by Crippen LogP contribution is 2.23. The number of fused-ring (bicyclic) bond motifs is 1. The van der Waals surface area contributed by atoms with Crippen LogP contribution in [0.4, 0.5) is 17.5 Å². The standard InChI is InChI=1S/C21H19N5/c1-2-6-16(7-3-1)10-15-23-20-18-8-4-5-9-19(18)25-21(26-20)24-17-11-13-22-14-12-17/h1-9,11-14H,10,15H2,(H2,22,23,24,25,26). The van der Waals surface area contributed by atoms with Crippen molar-refractivity contribution in [1.82, 2.24) is 15.0 Å². The van der Waals surface area contributed by atoms with Crippen LogP contribution in [-0.4, -0.2) is 21.5 Å². The smallest absolute Gasteiger partial charge is 0.229 e. The van der Waals surface area contributed by atoms with Crippen LogP contribution in [0, 0.1) is 0 Å². The van der Waals surface area contributed by atoms with E-state index in [9.17, 15) is 0 Å². The third kappa shape index (κ3) is 3.78. The lowest BCUT2D eigenvalue weighted by molar-refractivity contribution is 1.01. The Labute approximate surface area is 152 Å². The predicted octanol–water partition coefficient (Wildman–Crippen LogP) is 4.42. The molecule has 26 heavy (non-hydrogen) atoms. The molecule has 0 fully saturated rings. The van der Waals surface area contributed by atoms with Crippen molar-refractivity contribution in [2.45, 2.75) is 6.42 Å². The van der Waals surface area contributed by atoms with Crippen LogP contribution in [-0.2, 0) is 6.42 Å². The lowest BCUT2D eigenvalue weighted by atomic mass is 10.1. The number of rotatable bonds is 6.